The Morgan fingerprint density at radius 1 is 0.703 bits per heavy atom. The molecule has 0 aliphatic rings. The van der Waals surface area contributed by atoms with Gasteiger partial charge in [0.2, 0.25) is 0 Å². The number of hydrogen-bond acceptors (Lipinski definition) is 3. The summed E-state index contributed by atoms with van der Waals surface area (Å²) in [5, 5.41) is 10.2. The number of nitrogens with zero attached hydrogens (tertiary/aromatic N) is 4. The zero-order valence-corrected chi connectivity index (χ0v) is 19.3. The van der Waals surface area contributed by atoms with Crippen LogP contribution in [0.4, 0.5) is 26.3 Å². The largest absolute Gasteiger partial charge is 0.416 e. The summed E-state index contributed by atoms with van der Waals surface area (Å²) < 4.78 is 83.3. The highest BCUT2D eigenvalue weighted by Gasteiger charge is 2.33. The molecule has 0 bridgehead atoms. The molecule has 37 heavy (non-hydrogen) atoms. The Morgan fingerprint density at radius 2 is 1.22 bits per heavy atom. The number of nitriles is 1. The van der Waals surface area contributed by atoms with Gasteiger partial charge in [-0.2, -0.15) is 31.6 Å². The van der Waals surface area contributed by atoms with Crippen LogP contribution in [0, 0.1) is 25.2 Å². The molecule has 0 radical (unpaired) electrons. The molecule has 0 unspecified atom stereocenters. The molecule has 0 N–H and O–H groups in total. The van der Waals surface area contributed by atoms with Crippen LogP contribution in [0.25, 0.3) is 38.9 Å². The van der Waals surface area contributed by atoms with Gasteiger partial charge in [-0.25, -0.2) is 9.97 Å². The van der Waals surface area contributed by atoms with Gasteiger partial charge in [0.25, 0.3) is 0 Å². The van der Waals surface area contributed by atoms with E-state index >= 15 is 0 Å². The summed E-state index contributed by atoms with van der Waals surface area (Å²) in [5.41, 5.74) is 0.0906. The number of fused-ring (bicyclic) bond motifs is 3. The molecule has 3 aromatic carbocycles. The predicted octanol–water partition coefficient (Wildman–Crippen LogP) is 7.77. The van der Waals surface area contributed by atoms with E-state index in [0.717, 1.165) is 24.3 Å². The van der Waals surface area contributed by atoms with Crippen molar-refractivity contribution in [1.82, 2.24) is 14.5 Å². The molecule has 0 spiro atoms. The fourth-order valence-corrected chi connectivity index (χ4v) is 4.45. The van der Waals surface area contributed by atoms with Crippen molar-refractivity contribution < 1.29 is 26.3 Å². The van der Waals surface area contributed by atoms with Crippen LogP contribution in [0.5, 0.6) is 0 Å². The summed E-state index contributed by atoms with van der Waals surface area (Å²) in [6.45, 7) is 3.49. The molecule has 2 aromatic heterocycles. The minimum absolute atomic E-state index is 0.0323. The zero-order valence-electron chi connectivity index (χ0n) is 19.3. The monoisotopic (exact) mass is 510 g/mol. The van der Waals surface area contributed by atoms with Crippen LogP contribution in [-0.2, 0) is 12.4 Å². The molecule has 186 valence electrons. The minimum Gasteiger partial charge on any atom is -0.308 e. The quantitative estimate of drug-likeness (QED) is 0.228. The summed E-state index contributed by atoms with van der Waals surface area (Å²) in [5.74, 6) is 0.228. The Bertz CT molecular complexity index is 1650. The van der Waals surface area contributed by atoms with Crippen molar-refractivity contribution in [1.29, 1.82) is 5.26 Å². The van der Waals surface area contributed by atoms with E-state index in [0.29, 0.717) is 27.7 Å². The second-order valence-electron chi connectivity index (χ2n) is 8.61. The van der Waals surface area contributed by atoms with Crippen molar-refractivity contribution in [3.63, 3.8) is 0 Å². The van der Waals surface area contributed by atoms with Crippen LogP contribution in [0.1, 0.15) is 28.1 Å². The van der Waals surface area contributed by atoms with Crippen LogP contribution >= 0.6 is 0 Å². The van der Waals surface area contributed by atoms with Crippen molar-refractivity contribution >= 4 is 21.8 Å². The molecule has 0 aliphatic carbocycles. The lowest BCUT2D eigenvalue weighted by Gasteiger charge is -2.15. The number of benzene rings is 3. The second kappa shape index (κ2) is 8.34. The Morgan fingerprint density at radius 3 is 1.68 bits per heavy atom. The molecule has 5 rings (SSSR count). The van der Waals surface area contributed by atoms with Crippen molar-refractivity contribution in [3.8, 4) is 23.1 Å². The summed E-state index contributed by atoms with van der Waals surface area (Å²) in [7, 11) is 0. The van der Waals surface area contributed by atoms with Crippen molar-refractivity contribution in [2.75, 3.05) is 0 Å². The number of aromatic nitrogens is 3. The molecule has 0 saturated heterocycles. The van der Waals surface area contributed by atoms with Crippen LogP contribution < -0.4 is 0 Å². The first kappa shape index (κ1) is 24.3. The number of aryl methyl sites for hydroxylation is 2. The van der Waals surface area contributed by atoms with Gasteiger partial charge in [-0.3, -0.25) is 0 Å². The van der Waals surface area contributed by atoms with Crippen molar-refractivity contribution in [2.45, 2.75) is 26.2 Å². The van der Waals surface area contributed by atoms with E-state index in [2.05, 4.69) is 9.97 Å². The van der Waals surface area contributed by atoms with Gasteiger partial charge in [0.15, 0.2) is 5.82 Å². The van der Waals surface area contributed by atoms with Crippen molar-refractivity contribution in [3.05, 3.63) is 88.7 Å². The maximum Gasteiger partial charge on any atom is 0.416 e. The molecule has 0 fully saturated rings. The second-order valence-corrected chi connectivity index (χ2v) is 8.61. The lowest BCUT2D eigenvalue weighted by Crippen LogP contribution is -2.07. The van der Waals surface area contributed by atoms with Gasteiger partial charge < -0.3 is 4.57 Å². The summed E-state index contributed by atoms with van der Waals surface area (Å²) in [4.78, 5) is 8.87. The first-order chi connectivity index (χ1) is 17.4. The summed E-state index contributed by atoms with van der Waals surface area (Å²) >= 11 is 0. The topological polar surface area (TPSA) is 54.5 Å². The van der Waals surface area contributed by atoms with E-state index in [9.17, 15) is 31.6 Å². The number of alkyl halides is 6. The van der Waals surface area contributed by atoms with Gasteiger partial charge in [-0.05, 0) is 62.4 Å². The van der Waals surface area contributed by atoms with E-state index in [-0.39, 0.29) is 28.1 Å². The van der Waals surface area contributed by atoms with Gasteiger partial charge in [0.1, 0.15) is 0 Å². The number of rotatable bonds is 2. The average Bonchev–Trinajstić information content (AvgIpc) is 3.15. The normalized spacial score (nSPS) is 12.3. The van der Waals surface area contributed by atoms with Gasteiger partial charge in [-0.15, -0.1) is 0 Å². The van der Waals surface area contributed by atoms with E-state index in [4.69, 9.17) is 0 Å². The smallest absolute Gasteiger partial charge is 0.308 e. The third-order valence-corrected chi connectivity index (χ3v) is 6.01. The predicted molar refractivity (Wildman–Crippen MR) is 126 cm³/mol. The van der Waals surface area contributed by atoms with Gasteiger partial charge >= 0.3 is 12.4 Å². The highest BCUT2D eigenvalue weighted by atomic mass is 19.4. The van der Waals surface area contributed by atoms with Gasteiger partial charge in [0, 0.05) is 27.7 Å². The summed E-state index contributed by atoms with van der Waals surface area (Å²) in [6, 6.07) is 14.2. The highest BCUT2D eigenvalue weighted by Crippen LogP contribution is 2.41. The fourth-order valence-electron chi connectivity index (χ4n) is 4.45. The highest BCUT2D eigenvalue weighted by molar-refractivity contribution is 6.10. The zero-order chi connectivity index (χ0) is 26.7. The minimum atomic E-state index is -4.68. The molecule has 10 heteroatoms. The average molecular weight is 510 g/mol. The maximum atomic E-state index is 13.7. The number of halogens is 6. The summed E-state index contributed by atoms with van der Waals surface area (Å²) in [6.07, 6.45) is -9.36. The molecule has 2 heterocycles. The van der Waals surface area contributed by atoms with Crippen LogP contribution in [0.2, 0.25) is 0 Å². The van der Waals surface area contributed by atoms with Crippen LogP contribution in [0.15, 0.2) is 60.7 Å². The molecule has 4 nitrogen and oxygen atoms in total. The van der Waals surface area contributed by atoms with Crippen LogP contribution in [-0.4, -0.2) is 14.5 Å². The Balaban J connectivity index is 1.97. The first-order valence-electron chi connectivity index (χ1n) is 11.0. The Labute approximate surface area is 206 Å². The molecule has 0 aliphatic heterocycles. The molecular formula is C27H16F6N4. The van der Waals surface area contributed by atoms with E-state index in [1.54, 1.807) is 26.0 Å². The number of hydrogen-bond donors (Lipinski definition) is 0. The molecular weight excluding hydrogens is 494 g/mol. The van der Waals surface area contributed by atoms with E-state index < -0.39 is 23.5 Å². The maximum absolute atomic E-state index is 13.7. The Hall–Kier alpha value is -4.39. The standard InChI is InChI=1S/C27H16F6N4/c1-14-9-15(2)36-25(35-14)21-6-3-16(13-34)10-22(21)37-23-11-17(26(28,29)30)4-7-19(23)20-8-5-18(12-24(20)37)27(31,32)33/h3-12H,1-2H3. The first-order valence-corrected chi connectivity index (χ1v) is 11.0. The molecule has 0 saturated carbocycles. The lowest BCUT2D eigenvalue weighted by atomic mass is 10.1. The van der Waals surface area contributed by atoms with E-state index in [1.807, 2.05) is 6.07 Å². The third kappa shape index (κ3) is 4.27. The van der Waals surface area contributed by atoms with Gasteiger partial charge in [0.05, 0.1) is 39.5 Å². The SMILES string of the molecule is Cc1cc(C)nc(-c2ccc(C#N)cc2-n2c3cc(C(F)(F)F)ccc3c3ccc(C(F)(F)F)cc32)n1. The van der Waals surface area contributed by atoms with Crippen LogP contribution in [0.3, 0.4) is 0 Å². The Kier molecular flexibility index (Phi) is 5.48. The fraction of sp³-hybridized carbons (Fsp3) is 0.148. The molecule has 5 aromatic rings. The van der Waals surface area contributed by atoms with E-state index in [1.165, 1.54) is 28.8 Å². The molecule has 0 atom stereocenters. The molecule has 0 amide bonds. The van der Waals surface area contributed by atoms with Crippen molar-refractivity contribution in [2.24, 2.45) is 0 Å². The lowest BCUT2D eigenvalue weighted by molar-refractivity contribution is -0.138. The third-order valence-electron chi connectivity index (χ3n) is 6.01. The van der Waals surface area contributed by atoms with Gasteiger partial charge in [-0.1, -0.05) is 12.1 Å².